The molecule has 0 aliphatic rings. The van der Waals surface area contributed by atoms with E-state index in [0.717, 1.165) is 5.56 Å². The van der Waals surface area contributed by atoms with Gasteiger partial charge in [0.1, 0.15) is 5.75 Å². The van der Waals surface area contributed by atoms with Crippen LogP contribution in [0.5, 0.6) is 23.0 Å². The number of sulfonamides is 1. The normalized spacial score (nSPS) is 11.1. The predicted octanol–water partition coefficient (Wildman–Crippen LogP) is 4.48. The second-order valence-electron chi connectivity index (χ2n) is 7.58. The molecule has 0 radical (unpaired) electrons. The Morgan fingerprint density at radius 1 is 0.806 bits per heavy atom. The number of anilines is 2. The zero-order valence-electron chi connectivity index (χ0n) is 20.6. The van der Waals surface area contributed by atoms with Gasteiger partial charge in [0, 0.05) is 17.3 Å². The molecule has 0 spiro atoms. The van der Waals surface area contributed by atoms with Crippen molar-refractivity contribution in [2.75, 3.05) is 38.5 Å². The lowest BCUT2D eigenvalue weighted by molar-refractivity contribution is -0.111. The molecule has 1 amide bonds. The quantitative estimate of drug-likeness (QED) is 0.385. The van der Waals surface area contributed by atoms with Crippen LogP contribution in [-0.2, 0) is 14.8 Å². The number of methoxy groups -OCH3 is 4. The van der Waals surface area contributed by atoms with E-state index in [1.165, 1.54) is 58.8 Å². The number of nitrogens with one attached hydrogen (secondary N) is 2. The first-order chi connectivity index (χ1) is 17.2. The molecule has 2 N–H and O–H groups in total. The van der Waals surface area contributed by atoms with Crippen LogP contribution in [0.15, 0.2) is 65.6 Å². The van der Waals surface area contributed by atoms with E-state index in [2.05, 4.69) is 10.0 Å². The van der Waals surface area contributed by atoms with Gasteiger partial charge < -0.3 is 24.3 Å². The number of hydrogen-bond donors (Lipinski definition) is 2. The highest BCUT2D eigenvalue weighted by Crippen LogP contribution is 2.40. The van der Waals surface area contributed by atoms with Gasteiger partial charge in [-0.15, -0.1) is 0 Å². The summed E-state index contributed by atoms with van der Waals surface area (Å²) in [6, 6.07) is 14.5. The van der Waals surface area contributed by atoms with Gasteiger partial charge in [0.15, 0.2) is 11.5 Å². The Labute approximate surface area is 210 Å². The molecule has 0 aromatic heterocycles. The number of rotatable bonds is 10. The Balaban J connectivity index is 1.72. The van der Waals surface area contributed by atoms with Crippen molar-refractivity contribution in [1.29, 1.82) is 0 Å². The summed E-state index contributed by atoms with van der Waals surface area (Å²) < 4.78 is 49.5. The monoisotopic (exact) mass is 512 g/mol. The zero-order valence-corrected chi connectivity index (χ0v) is 21.4. The van der Waals surface area contributed by atoms with Crippen LogP contribution in [0.1, 0.15) is 11.1 Å². The Morgan fingerprint density at radius 2 is 1.44 bits per heavy atom. The van der Waals surface area contributed by atoms with Crippen LogP contribution in [0.4, 0.5) is 11.4 Å². The van der Waals surface area contributed by atoms with Gasteiger partial charge in [-0.2, -0.15) is 0 Å². The van der Waals surface area contributed by atoms with E-state index >= 15 is 0 Å². The molecule has 3 rings (SSSR count). The van der Waals surface area contributed by atoms with Crippen molar-refractivity contribution < 1.29 is 32.2 Å². The number of amides is 1. The Morgan fingerprint density at radius 3 is 2.06 bits per heavy atom. The number of hydrogen-bond acceptors (Lipinski definition) is 7. The molecule has 0 aliphatic heterocycles. The molecule has 0 bridgehead atoms. The Hall–Kier alpha value is -4.18. The van der Waals surface area contributed by atoms with Gasteiger partial charge in [-0.25, -0.2) is 8.42 Å². The van der Waals surface area contributed by atoms with Crippen molar-refractivity contribution in [2.45, 2.75) is 11.8 Å². The van der Waals surface area contributed by atoms with Crippen LogP contribution in [0.3, 0.4) is 0 Å². The number of aryl methyl sites for hydroxylation is 1. The van der Waals surface area contributed by atoms with Crippen LogP contribution < -0.4 is 29.0 Å². The van der Waals surface area contributed by atoms with E-state index in [-0.39, 0.29) is 4.90 Å². The fourth-order valence-corrected chi connectivity index (χ4v) is 4.49. The minimum atomic E-state index is -3.87. The molecule has 3 aromatic carbocycles. The highest BCUT2D eigenvalue weighted by atomic mass is 32.2. The summed E-state index contributed by atoms with van der Waals surface area (Å²) in [7, 11) is 2.11. The second-order valence-corrected chi connectivity index (χ2v) is 9.26. The second kappa shape index (κ2) is 11.5. The van der Waals surface area contributed by atoms with E-state index in [1.54, 1.807) is 30.3 Å². The highest BCUT2D eigenvalue weighted by Gasteiger charge is 2.17. The lowest BCUT2D eigenvalue weighted by Crippen LogP contribution is -2.14. The summed E-state index contributed by atoms with van der Waals surface area (Å²) in [5, 5.41) is 2.70. The lowest BCUT2D eigenvalue weighted by atomic mass is 10.1. The molecule has 0 heterocycles. The van der Waals surface area contributed by atoms with E-state index in [4.69, 9.17) is 18.9 Å². The maximum atomic E-state index is 12.8. The van der Waals surface area contributed by atoms with E-state index < -0.39 is 15.9 Å². The van der Waals surface area contributed by atoms with Crippen molar-refractivity contribution >= 4 is 33.4 Å². The molecule has 0 atom stereocenters. The average Bonchev–Trinajstić information content (AvgIpc) is 2.87. The summed E-state index contributed by atoms with van der Waals surface area (Å²) >= 11 is 0. The van der Waals surface area contributed by atoms with Crippen molar-refractivity contribution in [2.24, 2.45) is 0 Å². The smallest absolute Gasteiger partial charge is 0.262 e. The maximum absolute atomic E-state index is 12.8. The Bertz CT molecular complexity index is 1370. The standard InChI is InChI=1S/C26H28N2O7S/c1-17-6-13-22(32-2)21(16-17)28-36(30,31)20-11-9-19(10-12-20)27-24(29)15-8-18-7-14-23(33-3)26(35-5)25(18)34-4/h6-16,28H,1-5H3,(H,27,29). The van der Waals surface area contributed by atoms with Gasteiger partial charge in [0.25, 0.3) is 10.0 Å². The van der Waals surface area contributed by atoms with Gasteiger partial charge in [-0.1, -0.05) is 6.07 Å². The van der Waals surface area contributed by atoms with E-state index in [1.807, 2.05) is 13.0 Å². The van der Waals surface area contributed by atoms with Gasteiger partial charge in [-0.3, -0.25) is 9.52 Å². The third kappa shape index (κ3) is 6.08. The summed E-state index contributed by atoms with van der Waals surface area (Å²) in [4.78, 5) is 12.5. The molecule has 3 aromatic rings. The molecule has 36 heavy (non-hydrogen) atoms. The molecule has 0 unspecified atom stereocenters. The SMILES string of the molecule is COc1ccc(C)cc1NS(=O)(=O)c1ccc(NC(=O)C=Cc2ccc(OC)c(OC)c2OC)cc1. The number of carbonyl (C=O) groups is 1. The third-order valence-corrected chi connectivity index (χ3v) is 6.56. The fourth-order valence-electron chi connectivity index (χ4n) is 3.43. The predicted molar refractivity (Wildman–Crippen MR) is 139 cm³/mol. The Kier molecular flexibility index (Phi) is 8.44. The molecular formula is C26H28N2O7S. The van der Waals surface area contributed by atoms with Crippen molar-refractivity contribution in [3.63, 3.8) is 0 Å². The number of benzene rings is 3. The first-order valence-electron chi connectivity index (χ1n) is 10.8. The zero-order chi connectivity index (χ0) is 26.3. The van der Waals surface area contributed by atoms with Crippen molar-refractivity contribution in [3.05, 3.63) is 71.8 Å². The highest BCUT2D eigenvalue weighted by molar-refractivity contribution is 7.92. The van der Waals surface area contributed by atoms with Gasteiger partial charge in [0.05, 0.1) is 39.0 Å². The topological polar surface area (TPSA) is 112 Å². The van der Waals surface area contributed by atoms with Gasteiger partial charge in [-0.05, 0) is 67.1 Å². The van der Waals surface area contributed by atoms with Crippen LogP contribution >= 0.6 is 0 Å². The first kappa shape index (κ1) is 26.4. The maximum Gasteiger partial charge on any atom is 0.262 e. The van der Waals surface area contributed by atoms with Crippen LogP contribution in [0.2, 0.25) is 0 Å². The summed E-state index contributed by atoms with van der Waals surface area (Å²) in [6.45, 7) is 1.85. The fraction of sp³-hybridized carbons (Fsp3) is 0.192. The molecule has 0 saturated heterocycles. The number of ether oxygens (including phenoxy) is 4. The summed E-state index contributed by atoms with van der Waals surface area (Å²) in [5.41, 5.74) is 2.26. The molecule has 9 nitrogen and oxygen atoms in total. The summed E-state index contributed by atoms with van der Waals surface area (Å²) in [6.07, 6.45) is 2.91. The molecule has 0 saturated carbocycles. The van der Waals surface area contributed by atoms with Crippen LogP contribution in [0.25, 0.3) is 6.08 Å². The van der Waals surface area contributed by atoms with Gasteiger partial charge >= 0.3 is 0 Å². The summed E-state index contributed by atoms with van der Waals surface area (Å²) in [5.74, 6) is 1.33. The minimum absolute atomic E-state index is 0.0367. The third-order valence-electron chi connectivity index (χ3n) is 5.18. The molecule has 0 aliphatic carbocycles. The van der Waals surface area contributed by atoms with Crippen LogP contribution in [-0.4, -0.2) is 42.8 Å². The van der Waals surface area contributed by atoms with Crippen LogP contribution in [0, 0.1) is 6.92 Å². The molecule has 0 fully saturated rings. The molecule has 190 valence electrons. The van der Waals surface area contributed by atoms with E-state index in [9.17, 15) is 13.2 Å². The first-order valence-corrected chi connectivity index (χ1v) is 12.3. The number of carbonyl (C=O) groups excluding carboxylic acids is 1. The largest absolute Gasteiger partial charge is 0.495 e. The lowest BCUT2D eigenvalue weighted by Gasteiger charge is -2.14. The molecule has 10 heteroatoms. The van der Waals surface area contributed by atoms with Gasteiger partial charge in [0.2, 0.25) is 11.7 Å². The van der Waals surface area contributed by atoms with Crippen molar-refractivity contribution in [1.82, 2.24) is 0 Å². The van der Waals surface area contributed by atoms with E-state index in [0.29, 0.717) is 39.9 Å². The van der Waals surface area contributed by atoms with Crippen molar-refractivity contribution in [3.8, 4) is 23.0 Å². The average molecular weight is 513 g/mol. The molecular weight excluding hydrogens is 484 g/mol. The minimum Gasteiger partial charge on any atom is -0.495 e.